The van der Waals surface area contributed by atoms with Gasteiger partial charge in [-0.3, -0.25) is 14.4 Å². The van der Waals surface area contributed by atoms with Crippen molar-refractivity contribution in [2.45, 2.75) is 38.1 Å². The van der Waals surface area contributed by atoms with Crippen molar-refractivity contribution in [3.63, 3.8) is 0 Å². The quantitative estimate of drug-likeness (QED) is 0.790. The molecule has 2 heterocycles. The number of hydroxylamine groups is 4. The molecule has 2 aliphatic heterocycles. The van der Waals surface area contributed by atoms with Crippen molar-refractivity contribution < 1.29 is 19.3 Å². The highest BCUT2D eigenvalue weighted by Gasteiger charge is 2.60. The predicted molar refractivity (Wildman–Crippen MR) is 88.1 cm³/mol. The summed E-state index contributed by atoms with van der Waals surface area (Å²) in [6.45, 7) is 5.07. The van der Waals surface area contributed by atoms with Gasteiger partial charge in [0.1, 0.15) is 11.5 Å². The first kappa shape index (κ1) is 17.1. The standard InChI is InChI=1S/C18H24N2O4/c1-12-6-5-7-13(2)14(12)15-16(21)18(20(24-4)17(15)22)8-10-19(23-3)11-9-18/h5-7,15H,8-11H2,1-4H3. The van der Waals surface area contributed by atoms with E-state index < -0.39 is 11.5 Å². The minimum Gasteiger partial charge on any atom is -0.302 e. The second-order valence-electron chi connectivity index (χ2n) is 6.56. The molecule has 6 heteroatoms. The SMILES string of the molecule is CON1CCC2(CC1)C(=O)C(c1c(C)cccc1C)C(=O)N2OC. The fourth-order valence-electron chi connectivity index (χ4n) is 4.10. The summed E-state index contributed by atoms with van der Waals surface area (Å²) in [5, 5.41) is 3.13. The molecule has 2 saturated heterocycles. The van der Waals surface area contributed by atoms with Crippen LogP contribution in [0.4, 0.5) is 0 Å². The van der Waals surface area contributed by atoms with Gasteiger partial charge in [0.05, 0.1) is 14.2 Å². The van der Waals surface area contributed by atoms with Crippen LogP contribution in [-0.2, 0) is 19.3 Å². The number of Topliss-reactive ketones (excluding diaryl/α,β-unsaturated/α-hetero) is 1. The van der Waals surface area contributed by atoms with Crippen molar-refractivity contribution in [1.82, 2.24) is 10.1 Å². The molecule has 1 unspecified atom stereocenters. The van der Waals surface area contributed by atoms with Crippen molar-refractivity contribution in [3.05, 3.63) is 34.9 Å². The zero-order valence-electron chi connectivity index (χ0n) is 14.7. The molecule has 3 rings (SSSR count). The van der Waals surface area contributed by atoms with Gasteiger partial charge >= 0.3 is 0 Å². The summed E-state index contributed by atoms with van der Waals surface area (Å²) >= 11 is 0. The maximum absolute atomic E-state index is 13.4. The molecule has 2 fully saturated rings. The van der Waals surface area contributed by atoms with E-state index in [1.54, 1.807) is 7.11 Å². The molecule has 1 aromatic rings. The smallest absolute Gasteiger partial charge is 0.262 e. The van der Waals surface area contributed by atoms with Gasteiger partial charge in [0.15, 0.2) is 5.78 Å². The first-order chi connectivity index (χ1) is 11.5. The monoisotopic (exact) mass is 332 g/mol. The maximum atomic E-state index is 13.4. The van der Waals surface area contributed by atoms with E-state index in [1.165, 1.54) is 12.2 Å². The lowest BCUT2D eigenvalue weighted by Gasteiger charge is -2.40. The largest absolute Gasteiger partial charge is 0.302 e. The number of benzene rings is 1. The van der Waals surface area contributed by atoms with Crippen molar-refractivity contribution >= 4 is 11.7 Å². The second-order valence-corrected chi connectivity index (χ2v) is 6.56. The van der Waals surface area contributed by atoms with Crippen molar-refractivity contribution in [2.75, 3.05) is 27.3 Å². The number of hydrogen-bond acceptors (Lipinski definition) is 5. The molecule has 0 radical (unpaired) electrons. The molecule has 1 amide bonds. The lowest BCUT2D eigenvalue weighted by atomic mass is 9.79. The number of aryl methyl sites for hydroxylation is 2. The number of amides is 1. The van der Waals surface area contributed by atoms with Gasteiger partial charge in [-0.2, -0.15) is 5.06 Å². The van der Waals surface area contributed by atoms with Gasteiger partial charge in [-0.15, -0.1) is 0 Å². The normalized spacial score (nSPS) is 24.2. The van der Waals surface area contributed by atoms with Crippen LogP contribution in [0.1, 0.15) is 35.4 Å². The summed E-state index contributed by atoms with van der Waals surface area (Å²) in [6, 6.07) is 5.83. The first-order valence-electron chi connectivity index (χ1n) is 8.24. The number of nitrogens with zero attached hydrogens (tertiary/aromatic N) is 2. The van der Waals surface area contributed by atoms with Gasteiger partial charge < -0.3 is 4.84 Å². The number of rotatable bonds is 3. The van der Waals surface area contributed by atoms with Gasteiger partial charge in [0.2, 0.25) is 0 Å². The van der Waals surface area contributed by atoms with Crippen LogP contribution < -0.4 is 0 Å². The Kier molecular flexibility index (Phi) is 4.46. The van der Waals surface area contributed by atoms with Crippen LogP contribution in [0.25, 0.3) is 0 Å². The molecule has 24 heavy (non-hydrogen) atoms. The van der Waals surface area contributed by atoms with Crippen LogP contribution in [0.15, 0.2) is 18.2 Å². The summed E-state index contributed by atoms with van der Waals surface area (Å²) in [7, 11) is 3.08. The average Bonchev–Trinajstić information content (AvgIpc) is 2.77. The molecule has 6 nitrogen and oxygen atoms in total. The van der Waals surface area contributed by atoms with Crippen molar-refractivity contribution in [1.29, 1.82) is 0 Å². The summed E-state index contributed by atoms with van der Waals surface area (Å²) in [5.74, 6) is -1.09. The lowest BCUT2D eigenvalue weighted by Crippen LogP contribution is -2.55. The molecule has 130 valence electrons. The van der Waals surface area contributed by atoms with E-state index in [-0.39, 0.29) is 11.7 Å². The zero-order chi connectivity index (χ0) is 17.5. The average molecular weight is 332 g/mol. The Balaban J connectivity index is 2.03. The van der Waals surface area contributed by atoms with Crippen LogP contribution in [0, 0.1) is 13.8 Å². The van der Waals surface area contributed by atoms with E-state index in [2.05, 4.69) is 0 Å². The molecule has 0 bridgehead atoms. The Labute approximate surface area is 142 Å². The molecule has 2 aliphatic rings. The summed E-state index contributed by atoms with van der Waals surface area (Å²) in [5.41, 5.74) is 1.86. The molecule has 0 aromatic heterocycles. The maximum Gasteiger partial charge on any atom is 0.262 e. The zero-order valence-corrected chi connectivity index (χ0v) is 14.7. The minimum atomic E-state index is -0.889. The minimum absolute atomic E-state index is 0.0532. The van der Waals surface area contributed by atoms with Gasteiger partial charge in [-0.25, -0.2) is 5.06 Å². The summed E-state index contributed by atoms with van der Waals surface area (Å²) in [6.07, 6.45) is 1.03. The van der Waals surface area contributed by atoms with E-state index in [0.717, 1.165) is 16.7 Å². The third kappa shape index (κ3) is 2.37. The number of ketones is 1. The fourth-order valence-corrected chi connectivity index (χ4v) is 4.10. The molecule has 1 aromatic carbocycles. The van der Waals surface area contributed by atoms with Gasteiger partial charge in [-0.05, 0) is 43.4 Å². The predicted octanol–water partition coefficient (Wildman–Crippen LogP) is 1.76. The van der Waals surface area contributed by atoms with Gasteiger partial charge in [-0.1, -0.05) is 18.2 Å². The van der Waals surface area contributed by atoms with Crippen LogP contribution in [0.5, 0.6) is 0 Å². The Morgan fingerprint density at radius 2 is 1.62 bits per heavy atom. The topological polar surface area (TPSA) is 59.1 Å². The van der Waals surface area contributed by atoms with Crippen molar-refractivity contribution in [3.8, 4) is 0 Å². The fraction of sp³-hybridized carbons (Fsp3) is 0.556. The van der Waals surface area contributed by atoms with E-state index in [4.69, 9.17) is 9.68 Å². The number of carbonyl (C=O) groups excluding carboxylic acids is 2. The highest BCUT2D eigenvalue weighted by molar-refractivity contribution is 6.17. The van der Waals surface area contributed by atoms with Gasteiger partial charge in [0, 0.05) is 13.1 Å². The van der Waals surface area contributed by atoms with Crippen LogP contribution in [0.2, 0.25) is 0 Å². The molecule has 0 saturated carbocycles. The molecule has 0 N–H and O–H groups in total. The molecular formula is C18H24N2O4. The second kappa shape index (κ2) is 6.27. The van der Waals surface area contributed by atoms with E-state index in [1.807, 2.05) is 37.1 Å². The Morgan fingerprint density at radius 3 is 2.12 bits per heavy atom. The molecule has 1 atom stereocenters. The van der Waals surface area contributed by atoms with E-state index >= 15 is 0 Å². The first-order valence-corrected chi connectivity index (χ1v) is 8.24. The number of hydrogen-bond donors (Lipinski definition) is 0. The van der Waals surface area contributed by atoms with Crippen LogP contribution in [0.3, 0.4) is 0 Å². The Hall–Kier alpha value is -1.76. The van der Waals surface area contributed by atoms with Crippen LogP contribution in [-0.4, -0.2) is 54.7 Å². The van der Waals surface area contributed by atoms with Crippen LogP contribution >= 0.6 is 0 Å². The molecule has 1 spiro atoms. The summed E-state index contributed by atoms with van der Waals surface area (Å²) < 4.78 is 0. The summed E-state index contributed by atoms with van der Waals surface area (Å²) in [4.78, 5) is 37.0. The highest BCUT2D eigenvalue weighted by Crippen LogP contribution is 2.44. The third-order valence-corrected chi connectivity index (χ3v) is 5.38. The van der Waals surface area contributed by atoms with Gasteiger partial charge in [0.25, 0.3) is 5.91 Å². The number of carbonyl (C=O) groups is 2. The molecular weight excluding hydrogens is 308 g/mol. The third-order valence-electron chi connectivity index (χ3n) is 5.38. The Bertz CT molecular complexity index is 645. The molecule has 0 aliphatic carbocycles. The van der Waals surface area contributed by atoms with Crippen molar-refractivity contribution in [2.24, 2.45) is 0 Å². The van der Waals surface area contributed by atoms with E-state index in [0.29, 0.717) is 25.9 Å². The lowest BCUT2D eigenvalue weighted by molar-refractivity contribution is -0.219. The highest BCUT2D eigenvalue weighted by atomic mass is 16.7. The Morgan fingerprint density at radius 1 is 1.04 bits per heavy atom. The number of piperidine rings is 1. The van der Waals surface area contributed by atoms with E-state index in [9.17, 15) is 9.59 Å².